The molecule has 2 aliphatic heterocycles. The van der Waals surface area contributed by atoms with Crippen LogP contribution in [0.1, 0.15) is 56.6 Å². The van der Waals surface area contributed by atoms with Crippen molar-refractivity contribution in [2.24, 2.45) is 0 Å². The third-order valence-corrected chi connectivity index (χ3v) is 7.01. The summed E-state index contributed by atoms with van der Waals surface area (Å²) in [4.78, 5) is 0. The second-order valence-electron chi connectivity index (χ2n) is 9.04. The molecular weight excluding hydrogens is 402 g/mol. The summed E-state index contributed by atoms with van der Waals surface area (Å²) in [6.45, 7) is 3.88. The van der Waals surface area contributed by atoms with Crippen molar-refractivity contribution in [2.75, 3.05) is 13.6 Å². The second-order valence-corrected chi connectivity index (χ2v) is 9.04. The lowest BCUT2D eigenvalue weighted by Crippen LogP contribution is -2.38. The molecular formula is C27H30NO4+. The molecule has 0 amide bonds. The predicted molar refractivity (Wildman–Crippen MR) is 123 cm³/mol. The number of hydrogen-bond donors (Lipinski definition) is 0. The molecule has 0 bridgehead atoms. The van der Waals surface area contributed by atoms with E-state index < -0.39 is 0 Å². The number of rotatable bonds is 7. The lowest BCUT2D eigenvalue weighted by molar-refractivity contribution is -0.685. The maximum atomic E-state index is 5.89. The molecule has 0 saturated heterocycles. The van der Waals surface area contributed by atoms with Crippen molar-refractivity contribution in [1.29, 1.82) is 0 Å². The van der Waals surface area contributed by atoms with Gasteiger partial charge in [0.25, 0.3) is 0 Å². The number of nitrogens with zero attached hydrogens (tertiary/aromatic N) is 1. The van der Waals surface area contributed by atoms with Crippen molar-refractivity contribution >= 4 is 10.8 Å². The fourth-order valence-electron chi connectivity index (χ4n) is 5.39. The van der Waals surface area contributed by atoms with Gasteiger partial charge >= 0.3 is 0 Å². The molecule has 6 rings (SSSR count). The van der Waals surface area contributed by atoms with Crippen LogP contribution in [0, 0.1) is 0 Å². The number of ether oxygens (including phenoxy) is 4. The fraction of sp³-hybridized carbons (Fsp3) is 0.444. The molecule has 3 heterocycles. The van der Waals surface area contributed by atoms with E-state index in [-0.39, 0.29) is 0 Å². The molecule has 0 N–H and O–H groups in total. The molecule has 1 aliphatic carbocycles. The van der Waals surface area contributed by atoms with Crippen molar-refractivity contribution < 1.29 is 23.5 Å². The van der Waals surface area contributed by atoms with Crippen molar-refractivity contribution in [3.63, 3.8) is 0 Å². The average Bonchev–Trinajstić information content (AvgIpc) is 3.48. The minimum absolute atomic E-state index is 0.301. The zero-order valence-electron chi connectivity index (χ0n) is 18.7. The highest BCUT2D eigenvalue weighted by molar-refractivity contribution is 5.95. The molecule has 0 unspecified atom stereocenters. The number of pyridine rings is 1. The Morgan fingerprint density at radius 1 is 0.781 bits per heavy atom. The number of aryl methyl sites for hydroxylation is 3. The van der Waals surface area contributed by atoms with Gasteiger partial charge in [0, 0.05) is 17.4 Å². The van der Waals surface area contributed by atoms with Gasteiger partial charge in [0.1, 0.15) is 6.54 Å². The zero-order chi connectivity index (χ0) is 21.5. The van der Waals surface area contributed by atoms with Crippen LogP contribution < -0.4 is 23.5 Å². The molecule has 32 heavy (non-hydrogen) atoms. The van der Waals surface area contributed by atoms with E-state index >= 15 is 0 Å². The first-order chi connectivity index (χ1) is 15.8. The van der Waals surface area contributed by atoms with Gasteiger partial charge in [-0.15, -0.1) is 0 Å². The first-order valence-electron chi connectivity index (χ1n) is 12.0. The van der Waals surface area contributed by atoms with Gasteiger partial charge in [0.05, 0.1) is 10.9 Å². The molecule has 2 aromatic carbocycles. The lowest BCUT2D eigenvalue weighted by atomic mass is 9.85. The molecule has 0 fully saturated rings. The summed E-state index contributed by atoms with van der Waals surface area (Å²) >= 11 is 0. The summed E-state index contributed by atoms with van der Waals surface area (Å²) in [5.41, 5.74) is 5.35. The Morgan fingerprint density at radius 2 is 1.56 bits per heavy atom. The van der Waals surface area contributed by atoms with E-state index in [0.29, 0.717) is 13.6 Å². The van der Waals surface area contributed by atoms with Crippen LogP contribution in [0.3, 0.4) is 0 Å². The molecule has 1 aromatic heterocycles. The Balaban J connectivity index is 1.45. The fourth-order valence-corrected chi connectivity index (χ4v) is 5.39. The third kappa shape index (κ3) is 3.26. The van der Waals surface area contributed by atoms with Crippen LogP contribution in [0.25, 0.3) is 22.0 Å². The second kappa shape index (κ2) is 8.19. The van der Waals surface area contributed by atoms with Gasteiger partial charge in [0.15, 0.2) is 29.2 Å². The summed E-state index contributed by atoms with van der Waals surface area (Å²) in [5.74, 6) is 3.47. The summed E-state index contributed by atoms with van der Waals surface area (Å²) in [6, 6.07) is 8.62. The smallest absolute Gasteiger partial charge is 0.231 e. The van der Waals surface area contributed by atoms with E-state index in [0.717, 1.165) is 47.8 Å². The Labute approximate surface area is 188 Å². The number of hydrogen-bond acceptors (Lipinski definition) is 4. The summed E-state index contributed by atoms with van der Waals surface area (Å²) in [7, 11) is 0. The minimum atomic E-state index is 0.301. The highest BCUT2D eigenvalue weighted by Gasteiger charge is 2.32. The van der Waals surface area contributed by atoms with Crippen LogP contribution in [-0.2, 0) is 19.4 Å². The van der Waals surface area contributed by atoms with Gasteiger partial charge in [-0.3, -0.25) is 0 Å². The highest BCUT2D eigenvalue weighted by atomic mass is 16.7. The number of fused-ring (bicyclic) bond motifs is 8. The quantitative estimate of drug-likeness (QED) is 0.354. The number of aromatic nitrogens is 1. The van der Waals surface area contributed by atoms with E-state index in [2.05, 4.69) is 42.0 Å². The lowest BCUT2D eigenvalue weighted by Gasteiger charge is -2.21. The third-order valence-electron chi connectivity index (χ3n) is 7.01. The average molecular weight is 433 g/mol. The van der Waals surface area contributed by atoms with Crippen LogP contribution >= 0.6 is 0 Å². The van der Waals surface area contributed by atoms with E-state index in [1.54, 1.807) is 0 Å². The molecule has 5 nitrogen and oxygen atoms in total. The topological polar surface area (TPSA) is 40.8 Å². The van der Waals surface area contributed by atoms with Crippen LogP contribution in [0.2, 0.25) is 0 Å². The highest BCUT2D eigenvalue weighted by Crippen LogP contribution is 2.45. The van der Waals surface area contributed by atoms with Gasteiger partial charge in [-0.2, -0.15) is 4.57 Å². The standard InChI is InChI=1S/C27H30NO4/c1-2-3-4-5-6-7-12-28-15-22-19(10-11-23-27(22)32-17-29-23)20-9-8-18-13-24-25(31-16-30-24)14-21(18)26(20)28/h10-11,13-15H,2-9,12,16-17H2,1H3/q+1. The molecule has 0 atom stereocenters. The summed E-state index contributed by atoms with van der Waals surface area (Å²) in [5, 5.41) is 2.43. The SMILES string of the molecule is CCCCCCCC[n+]1cc2c3c(ccc2c2c1-c1cc4c(cc1CC2)OCO4)OCO3. The van der Waals surface area contributed by atoms with Crippen molar-refractivity contribution in [1.82, 2.24) is 0 Å². The van der Waals surface area contributed by atoms with Gasteiger partial charge in [-0.25, -0.2) is 0 Å². The van der Waals surface area contributed by atoms with Gasteiger partial charge in [-0.1, -0.05) is 32.6 Å². The normalized spacial score (nSPS) is 15.2. The summed E-state index contributed by atoms with van der Waals surface area (Å²) < 4.78 is 25.4. The first-order valence-corrected chi connectivity index (χ1v) is 12.0. The first kappa shape index (κ1) is 19.7. The number of unbranched alkanes of at least 4 members (excludes halogenated alkanes) is 5. The minimum Gasteiger partial charge on any atom is -0.454 e. The van der Waals surface area contributed by atoms with Crippen LogP contribution in [0.15, 0.2) is 30.5 Å². The van der Waals surface area contributed by atoms with Crippen LogP contribution in [0.4, 0.5) is 0 Å². The monoisotopic (exact) mass is 432 g/mol. The molecule has 0 radical (unpaired) electrons. The van der Waals surface area contributed by atoms with Gasteiger partial charge < -0.3 is 18.9 Å². The van der Waals surface area contributed by atoms with E-state index in [1.165, 1.54) is 66.3 Å². The molecule has 3 aromatic rings. The van der Waals surface area contributed by atoms with Crippen LogP contribution in [-0.4, -0.2) is 13.6 Å². The number of benzene rings is 2. The Morgan fingerprint density at radius 3 is 2.47 bits per heavy atom. The maximum absolute atomic E-state index is 5.89. The molecule has 0 spiro atoms. The largest absolute Gasteiger partial charge is 0.454 e. The molecule has 5 heteroatoms. The maximum Gasteiger partial charge on any atom is 0.231 e. The van der Waals surface area contributed by atoms with Gasteiger partial charge in [-0.05, 0) is 49.1 Å². The molecule has 166 valence electrons. The van der Waals surface area contributed by atoms with Crippen molar-refractivity contribution in [3.05, 3.63) is 41.6 Å². The predicted octanol–water partition coefficient (Wildman–Crippen LogP) is 5.71. The summed E-state index contributed by atoms with van der Waals surface area (Å²) in [6.07, 6.45) is 12.0. The molecule has 3 aliphatic rings. The van der Waals surface area contributed by atoms with Crippen molar-refractivity contribution in [2.45, 2.75) is 64.8 Å². The van der Waals surface area contributed by atoms with Crippen LogP contribution in [0.5, 0.6) is 23.0 Å². The van der Waals surface area contributed by atoms with Crippen molar-refractivity contribution in [3.8, 4) is 34.3 Å². The van der Waals surface area contributed by atoms with E-state index in [1.807, 2.05) is 0 Å². The van der Waals surface area contributed by atoms with Gasteiger partial charge in [0.2, 0.25) is 19.3 Å². The Hall–Kier alpha value is -2.95. The zero-order valence-corrected chi connectivity index (χ0v) is 18.7. The van der Waals surface area contributed by atoms with E-state index in [9.17, 15) is 0 Å². The Bertz CT molecular complexity index is 1190. The Kier molecular flexibility index (Phi) is 5.05. The molecule has 0 saturated carbocycles. The van der Waals surface area contributed by atoms with E-state index in [4.69, 9.17) is 18.9 Å².